The number of esters is 2. The van der Waals surface area contributed by atoms with Crippen molar-refractivity contribution in [2.45, 2.75) is 187 Å². The number of likely N-dealkylation sites (N-methyl/N-ethyl adjacent to an activating group) is 1. The van der Waals surface area contributed by atoms with E-state index in [0.29, 0.717) is 19.3 Å². The molecule has 8 heteroatoms. The summed E-state index contributed by atoms with van der Waals surface area (Å²) in [6.07, 6.45) is 42.9. The lowest BCUT2D eigenvalue weighted by Crippen LogP contribution is -2.50. The summed E-state index contributed by atoms with van der Waals surface area (Å²) in [6, 6.07) is -0.619. The number of allylic oxidation sites excluding steroid dienone is 8. The molecular formula is C46H82NO7+. The fourth-order valence-electron chi connectivity index (χ4n) is 6.10. The van der Waals surface area contributed by atoms with Gasteiger partial charge in [-0.25, -0.2) is 4.79 Å². The molecule has 0 bridgehead atoms. The van der Waals surface area contributed by atoms with Gasteiger partial charge in [-0.15, -0.1) is 0 Å². The van der Waals surface area contributed by atoms with Crippen molar-refractivity contribution in [1.29, 1.82) is 0 Å². The van der Waals surface area contributed by atoms with E-state index in [2.05, 4.69) is 62.5 Å². The minimum absolute atomic E-state index is 0.0503. The van der Waals surface area contributed by atoms with Crippen molar-refractivity contribution in [2.24, 2.45) is 0 Å². The van der Waals surface area contributed by atoms with E-state index in [1.165, 1.54) is 57.8 Å². The molecule has 0 fully saturated rings. The smallest absolute Gasteiger partial charge is 0.362 e. The number of carbonyl (C=O) groups excluding carboxylic acids is 2. The number of carboxylic acid groups (broad SMARTS) is 1. The van der Waals surface area contributed by atoms with Crippen LogP contribution in [0, 0.1) is 0 Å². The molecule has 0 saturated heterocycles. The van der Waals surface area contributed by atoms with Crippen molar-refractivity contribution < 1.29 is 38.2 Å². The van der Waals surface area contributed by atoms with E-state index < -0.39 is 18.1 Å². The third-order valence-corrected chi connectivity index (χ3v) is 9.46. The fraction of sp³-hybridized carbons (Fsp3) is 0.761. The van der Waals surface area contributed by atoms with Gasteiger partial charge in [0, 0.05) is 19.3 Å². The van der Waals surface area contributed by atoms with E-state index in [-0.39, 0.29) is 36.2 Å². The van der Waals surface area contributed by atoms with Crippen LogP contribution in [-0.2, 0) is 28.6 Å². The topological polar surface area (TPSA) is 99.1 Å². The molecule has 0 aromatic heterocycles. The van der Waals surface area contributed by atoms with E-state index in [1.807, 2.05) is 21.1 Å². The molecule has 0 aliphatic rings. The summed E-state index contributed by atoms with van der Waals surface area (Å²) in [7, 11) is 5.51. The van der Waals surface area contributed by atoms with Gasteiger partial charge in [0.25, 0.3) is 0 Å². The molecule has 0 amide bonds. The van der Waals surface area contributed by atoms with E-state index in [9.17, 15) is 19.5 Å². The zero-order chi connectivity index (χ0) is 40.0. The Bertz CT molecular complexity index is 1030. The number of carbonyl (C=O) groups is 3. The standard InChI is InChI=1S/C46H81NO7/c1-6-8-10-12-14-16-18-20-22-23-25-27-29-31-33-35-37-45(49)54-42(40-52-39-38-43(46(50)51)47(3,4)5)41-53-44(48)36-34-32-30-28-26-24-21-19-17-15-13-11-9-7-2/h8,10,14,16,20,22,24,26,42-43H,6-7,9,11-13,15,17-19,21,23,25,27-41H2,1-5H3/p+1/b10-8+,16-14+,22-20+,26-24+. The fourth-order valence-corrected chi connectivity index (χ4v) is 6.10. The maximum absolute atomic E-state index is 12.7. The first-order valence-electron chi connectivity index (χ1n) is 21.7. The highest BCUT2D eigenvalue weighted by molar-refractivity contribution is 5.72. The summed E-state index contributed by atoms with van der Waals surface area (Å²) >= 11 is 0. The first-order valence-corrected chi connectivity index (χ1v) is 21.7. The molecule has 0 saturated carbocycles. The van der Waals surface area contributed by atoms with Gasteiger partial charge >= 0.3 is 17.9 Å². The van der Waals surface area contributed by atoms with Crippen LogP contribution in [0.3, 0.4) is 0 Å². The van der Waals surface area contributed by atoms with Crippen molar-refractivity contribution in [3.63, 3.8) is 0 Å². The minimum atomic E-state index is -0.881. The number of quaternary nitrogens is 1. The molecule has 2 unspecified atom stereocenters. The number of aliphatic carboxylic acids is 1. The van der Waals surface area contributed by atoms with Crippen LogP contribution in [0.1, 0.15) is 174 Å². The number of ether oxygens (including phenoxy) is 3. The number of nitrogens with zero attached hydrogens (tertiary/aromatic N) is 1. The van der Waals surface area contributed by atoms with Crippen molar-refractivity contribution in [2.75, 3.05) is 41.0 Å². The van der Waals surface area contributed by atoms with E-state index >= 15 is 0 Å². The molecule has 2 atom stereocenters. The molecule has 0 aliphatic heterocycles. The third kappa shape index (κ3) is 35.0. The van der Waals surface area contributed by atoms with Gasteiger partial charge in [0.15, 0.2) is 12.1 Å². The Morgan fingerprint density at radius 1 is 0.574 bits per heavy atom. The molecule has 1 N–H and O–H groups in total. The predicted octanol–water partition coefficient (Wildman–Crippen LogP) is 11.6. The van der Waals surface area contributed by atoms with Gasteiger partial charge in [0.2, 0.25) is 0 Å². The van der Waals surface area contributed by atoms with E-state index in [4.69, 9.17) is 14.2 Å². The minimum Gasteiger partial charge on any atom is -0.477 e. The normalized spacial score (nSPS) is 13.4. The second-order valence-corrected chi connectivity index (χ2v) is 15.6. The highest BCUT2D eigenvalue weighted by Gasteiger charge is 2.31. The molecule has 312 valence electrons. The quantitative estimate of drug-likeness (QED) is 0.0289. The van der Waals surface area contributed by atoms with Gasteiger partial charge in [-0.3, -0.25) is 9.59 Å². The molecule has 0 radical (unpaired) electrons. The average Bonchev–Trinajstić information content (AvgIpc) is 3.12. The van der Waals surface area contributed by atoms with E-state index in [0.717, 1.165) is 83.5 Å². The lowest BCUT2D eigenvalue weighted by atomic mass is 10.1. The summed E-state index contributed by atoms with van der Waals surface area (Å²) in [5.41, 5.74) is 0. The molecule has 0 aliphatic carbocycles. The Morgan fingerprint density at radius 2 is 1.04 bits per heavy atom. The summed E-state index contributed by atoms with van der Waals surface area (Å²) in [5, 5.41) is 9.61. The SMILES string of the molecule is CC/C=C/C/C=C/C/C=C/CCCCCCCCC(=O)OC(COCCC(C(=O)O)[N+](C)(C)C)COC(=O)CCCCC/C=C/CCCCCCCCC. The van der Waals surface area contributed by atoms with Gasteiger partial charge < -0.3 is 23.8 Å². The van der Waals surface area contributed by atoms with Gasteiger partial charge in [-0.2, -0.15) is 0 Å². The lowest BCUT2D eigenvalue weighted by molar-refractivity contribution is -0.887. The van der Waals surface area contributed by atoms with Crippen LogP contribution in [-0.4, -0.2) is 80.6 Å². The molecule has 0 heterocycles. The Balaban J connectivity index is 4.40. The summed E-state index contributed by atoms with van der Waals surface area (Å²) in [5.74, 6) is -1.51. The first kappa shape index (κ1) is 51.3. The Kier molecular flexibility index (Phi) is 35.4. The number of carboxylic acids is 1. The largest absolute Gasteiger partial charge is 0.477 e. The average molecular weight is 761 g/mol. The summed E-state index contributed by atoms with van der Waals surface area (Å²) in [4.78, 5) is 36.9. The van der Waals surface area contributed by atoms with Gasteiger partial charge in [0.05, 0.1) is 34.4 Å². The van der Waals surface area contributed by atoms with Gasteiger partial charge in [-0.1, -0.05) is 133 Å². The van der Waals surface area contributed by atoms with E-state index in [1.54, 1.807) is 0 Å². The van der Waals surface area contributed by atoms with Crippen molar-refractivity contribution in [1.82, 2.24) is 0 Å². The second-order valence-electron chi connectivity index (χ2n) is 15.6. The Hall–Kier alpha value is -2.71. The summed E-state index contributed by atoms with van der Waals surface area (Å²) < 4.78 is 17.2. The van der Waals surface area contributed by atoms with Crippen LogP contribution >= 0.6 is 0 Å². The van der Waals surface area contributed by atoms with Gasteiger partial charge in [-0.05, 0) is 70.6 Å². The third-order valence-electron chi connectivity index (χ3n) is 9.46. The predicted molar refractivity (Wildman–Crippen MR) is 224 cm³/mol. The van der Waals surface area contributed by atoms with Crippen molar-refractivity contribution in [3.8, 4) is 0 Å². The maximum Gasteiger partial charge on any atom is 0.362 e. The van der Waals surface area contributed by atoms with Crippen LogP contribution in [0.15, 0.2) is 48.6 Å². The summed E-state index contributed by atoms with van der Waals surface area (Å²) in [6.45, 7) is 4.58. The zero-order valence-electron chi connectivity index (χ0n) is 35.4. The zero-order valence-corrected chi connectivity index (χ0v) is 35.4. The highest BCUT2D eigenvalue weighted by Crippen LogP contribution is 2.13. The van der Waals surface area contributed by atoms with Gasteiger partial charge in [0.1, 0.15) is 6.61 Å². The van der Waals surface area contributed by atoms with Crippen molar-refractivity contribution >= 4 is 17.9 Å². The highest BCUT2D eigenvalue weighted by atomic mass is 16.6. The molecule has 0 rings (SSSR count). The van der Waals surface area contributed by atoms with Crippen LogP contribution < -0.4 is 0 Å². The molecule has 54 heavy (non-hydrogen) atoms. The number of hydrogen-bond donors (Lipinski definition) is 1. The Morgan fingerprint density at radius 3 is 1.57 bits per heavy atom. The van der Waals surface area contributed by atoms with Crippen LogP contribution in [0.2, 0.25) is 0 Å². The monoisotopic (exact) mass is 761 g/mol. The number of rotatable bonds is 38. The molecule has 0 aromatic rings. The molecule has 0 spiro atoms. The molecular weight excluding hydrogens is 679 g/mol. The van der Waals surface area contributed by atoms with Crippen LogP contribution in [0.25, 0.3) is 0 Å². The van der Waals surface area contributed by atoms with Crippen LogP contribution in [0.4, 0.5) is 0 Å². The first-order chi connectivity index (χ1) is 26.1. The molecule has 0 aromatic carbocycles. The van der Waals surface area contributed by atoms with Crippen molar-refractivity contribution in [3.05, 3.63) is 48.6 Å². The molecule has 8 nitrogen and oxygen atoms in total. The lowest BCUT2D eigenvalue weighted by Gasteiger charge is -2.31. The second kappa shape index (κ2) is 37.2. The Labute approximate surface area is 331 Å². The number of hydrogen-bond acceptors (Lipinski definition) is 6. The number of unbranched alkanes of at least 4 members (excludes halogenated alkanes) is 16. The maximum atomic E-state index is 12.7. The van der Waals surface area contributed by atoms with Crippen LogP contribution in [0.5, 0.6) is 0 Å².